The van der Waals surface area contributed by atoms with E-state index in [-0.39, 0.29) is 22.5 Å². The molecule has 2 N–H and O–H groups in total. The monoisotopic (exact) mass is 423 g/mol. The van der Waals surface area contributed by atoms with Crippen molar-refractivity contribution in [2.45, 2.75) is 63.4 Å². The van der Waals surface area contributed by atoms with Crippen molar-refractivity contribution in [3.8, 4) is 0 Å². The number of imidazole rings is 1. The Kier molecular flexibility index (Phi) is 4.60. The van der Waals surface area contributed by atoms with Gasteiger partial charge in [0.05, 0.1) is 12.9 Å². The second kappa shape index (κ2) is 6.61. The summed E-state index contributed by atoms with van der Waals surface area (Å²) in [7, 11) is -1.94. The third-order valence-electron chi connectivity index (χ3n) is 5.83. The third kappa shape index (κ3) is 3.15. The zero-order chi connectivity index (χ0) is 20.3. The van der Waals surface area contributed by atoms with Crippen molar-refractivity contribution in [1.82, 2.24) is 19.5 Å². The molecule has 0 spiro atoms. The molecule has 28 heavy (non-hydrogen) atoms. The van der Waals surface area contributed by atoms with E-state index >= 15 is 0 Å². The van der Waals surface area contributed by atoms with Gasteiger partial charge in [-0.3, -0.25) is 4.57 Å². The van der Waals surface area contributed by atoms with Gasteiger partial charge in [-0.2, -0.15) is 0 Å². The van der Waals surface area contributed by atoms with Crippen LogP contribution in [-0.2, 0) is 18.6 Å². The largest absolute Gasteiger partial charge is 0.447 e. The molecule has 0 amide bonds. The number of anilines is 1. The van der Waals surface area contributed by atoms with Crippen molar-refractivity contribution >= 4 is 42.8 Å². The molecule has 11 heteroatoms. The lowest BCUT2D eigenvalue weighted by molar-refractivity contribution is -0.0581. The van der Waals surface area contributed by atoms with Crippen molar-refractivity contribution in [3.05, 3.63) is 12.7 Å². The molecule has 0 aromatic carbocycles. The zero-order valence-corrected chi connectivity index (χ0v) is 18.4. The number of thiocarbonyl (C=S) groups is 1. The number of rotatable bonds is 4. The van der Waals surface area contributed by atoms with E-state index in [0.29, 0.717) is 23.6 Å². The van der Waals surface area contributed by atoms with Crippen molar-refractivity contribution < 1.29 is 18.6 Å². The SMILES string of the molecule is CC(C)(C)[Si](C)(C)OC[C@@H]1O[C@H](n2cnc3c(N)ncnc32)[C@H]2OC(=S)O[C@H]21. The van der Waals surface area contributed by atoms with Crippen LogP contribution in [0.4, 0.5) is 5.82 Å². The Morgan fingerprint density at radius 2 is 1.93 bits per heavy atom. The van der Waals surface area contributed by atoms with Crippen LogP contribution in [0.3, 0.4) is 0 Å². The number of nitrogens with two attached hydrogens (primary N) is 1. The number of aromatic nitrogens is 4. The molecule has 9 nitrogen and oxygen atoms in total. The van der Waals surface area contributed by atoms with Crippen molar-refractivity contribution in [2.24, 2.45) is 0 Å². The van der Waals surface area contributed by atoms with Gasteiger partial charge in [0.15, 0.2) is 38.2 Å². The van der Waals surface area contributed by atoms with E-state index in [2.05, 4.69) is 48.8 Å². The molecule has 2 aromatic heterocycles. The fourth-order valence-electron chi connectivity index (χ4n) is 3.15. The summed E-state index contributed by atoms with van der Waals surface area (Å²) < 4.78 is 25.9. The molecule has 2 saturated heterocycles. The van der Waals surface area contributed by atoms with E-state index in [0.717, 1.165) is 0 Å². The maximum atomic E-state index is 6.36. The Bertz CT molecular complexity index is 915. The second-order valence-corrected chi connectivity index (χ2v) is 13.8. The van der Waals surface area contributed by atoms with Crippen molar-refractivity contribution in [1.29, 1.82) is 0 Å². The Hall–Kier alpha value is -1.82. The smallest absolute Gasteiger partial charge is 0.353 e. The topological polar surface area (TPSA) is 107 Å². The number of ether oxygens (including phenoxy) is 3. The van der Waals surface area contributed by atoms with Gasteiger partial charge in [-0.25, -0.2) is 15.0 Å². The zero-order valence-electron chi connectivity index (χ0n) is 16.6. The molecule has 2 fully saturated rings. The summed E-state index contributed by atoms with van der Waals surface area (Å²) in [4.78, 5) is 12.6. The minimum Gasteiger partial charge on any atom is -0.447 e. The predicted octanol–water partition coefficient (Wildman–Crippen LogP) is 2.40. The predicted molar refractivity (Wildman–Crippen MR) is 109 cm³/mol. The highest BCUT2D eigenvalue weighted by atomic mass is 32.1. The molecule has 2 aromatic rings. The first-order chi connectivity index (χ1) is 13.1. The van der Waals surface area contributed by atoms with Gasteiger partial charge in [0.1, 0.15) is 17.9 Å². The Labute approximate surface area is 169 Å². The number of hydrogen-bond acceptors (Lipinski definition) is 9. The quantitative estimate of drug-likeness (QED) is 0.586. The van der Waals surface area contributed by atoms with Crippen LogP contribution in [0.5, 0.6) is 0 Å². The summed E-state index contributed by atoms with van der Waals surface area (Å²) in [6.07, 6.45) is 1.45. The molecule has 2 aliphatic heterocycles. The average Bonchev–Trinajstić information content (AvgIpc) is 3.26. The minimum absolute atomic E-state index is 0.0989. The second-order valence-electron chi connectivity index (χ2n) is 8.63. The summed E-state index contributed by atoms with van der Waals surface area (Å²) in [5.41, 5.74) is 6.99. The first kappa shape index (κ1) is 19.5. The number of nitrogen functional groups attached to an aromatic ring is 1. The molecular weight excluding hydrogens is 398 g/mol. The highest BCUT2D eigenvalue weighted by molar-refractivity contribution is 7.79. The molecule has 4 rings (SSSR count). The molecule has 4 atom stereocenters. The van der Waals surface area contributed by atoms with E-state index in [9.17, 15) is 0 Å². The highest BCUT2D eigenvalue weighted by Crippen LogP contribution is 2.41. The summed E-state index contributed by atoms with van der Waals surface area (Å²) in [5.74, 6) is 0.315. The normalized spacial score (nSPS) is 27.7. The van der Waals surface area contributed by atoms with E-state index in [1.807, 2.05) is 0 Å². The average molecular weight is 424 g/mol. The lowest BCUT2D eigenvalue weighted by Gasteiger charge is -2.37. The molecule has 2 aliphatic rings. The Morgan fingerprint density at radius 1 is 1.21 bits per heavy atom. The standard InChI is InChI=1S/C17H25N5O4SSi/c1-17(2,3)28(4,5)23-6-9-11-12(26-16(27)25-11)15(24-9)22-8-21-10-13(18)19-7-20-14(10)22/h7-9,11-12,15H,6H2,1-5H3,(H2,18,19,20)/t9-,11-,12-,15-/m0/s1. The van der Waals surface area contributed by atoms with Crippen LogP contribution in [0, 0.1) is 0 Å². The third-order valence-corrected chi connectivity index (χ3v) is 10.5. The molecule has 0 saturated carbocycles. The lowest BCUT2D eigenvalue weighted by atomic mass is 10.1. The maximum absolute atomic E-state index is 6.36. The summed E-state index contributed by atoms with van der Waals surface area (Å²) in [6.45, 7) is 11.4. The fourth-order valence-corrected chi connectivity index (χ4v) is 4.38. The van der Waals surface area contributed by atoms with Crippen LogP contribution in [0.25, 0.3) is 11.2 Å². The molecule has 0 radical (unpaired) electrons. The number of fused-ring (bicyclic) bond motifs is 2. The summed E-state index contributed by atoms with van der Waals surface area (Å²) in [5, 5.41) is 0.223. The van der Waals surface area contributed by atoms with Gasteiger partial charge in [-0.1, -0.05) is 20.8 Å². The van der Waals surface area contributed by atoms with Crippen LogP contribution in [0.15, 0.2) is 12.7 Å². The van der Waals surface area contributed by atoms with E-state index in [1.165, 1.54) is 6.33 Å². The highest BCUT2D eigenvalue weighted by Gasteiger charge is 2.54. The van der Waals surface area contributed by atoms with Crippen molar-refractivity contribution in [3.63, 3.8) is 0 Å². The molecule has 0 aliphatic carbocycles. The van der Waals surface area contributed by atoms with Crippen LogP contribution in [-0.4, -0.2) is 58.0 Å². The molecule has 0 bridgehead atoms. The van der Waals surface area contributed by atoms with E-state index < -0.39 is 20.6 Å². The first-order valence-electron chi connectivity index (χ1n) is 9.18. The number of nitrogens with zero attached hydrogens (tertiary/aromatic N) is 4. The van der Waals surface area contributed by atoms with Gasteiger partial charge >= 0.3 is 5.24 Å². The van der Waals surface area contributed by atoms with Crippen LogP contribution >= 0.6 is 12.2 Å². The van der Waals surface area contributed by atoms with Gasteiger partial charge in [-0.15, -0.1) is 0 Å². The summed E-state index contributed by atoms with van der Waals surface area (Å²) >= 11 is 5.14. The molecule has 4 heterocycles. The van der Waals surface area contributed by atoms with Gasteiger partial charge < -0.3 is 24.4 Å². The summed E-state index contributed by atoms with van der Waals surface area (Å²) in [6, 6.07) is 0. The molecule has 152 valence electrons. The van der Waals surface area contributed by atoms with Crippen LogP contribution in [0.2, 0.25) is 18.1 Å². The Morgan fingerprint density at radius 3 is 2.64 bits per heavy atom. The molecular formula is C17H25N5O4SSi. The Balaban J connectivity index is 1.60. The van der Waals surface area contributed by atoms with E-state index in [4.69, 9.17) is 36.6 Å². The van der Waals surface area contributed by atoms with Gasteiger partial charge in [0.25, 0.3) is 0 Å². The van der Waals surface area contributed by atoms with E-state index in [1.54, 1.807) is 10.9 Å². The fraction of sp³-hybridized carbons (Fsp3) is 0.647. The van der Waals surface area contributed by atoms with Gasteiger partial charge in [0.2, 0.25) is 0 Å². The maximum Gasteiger partial charge on any atom is 0.353 e. The van der Waals surface area contributed by atoms with Crippen molar-refractivity contribution in [2.75, 3.05) is 12.3 Å². The van der Waals surface area contributed by atoms with Crippen LogP contribution < -0.4 is 5.73 Å². The first-order valence-corrected chi connectivity index (χ1v) is 12.5. The molecule has 0 unspecified atom stereocenters. The van der Waals surface area contributed by atoms with Gasteiger partial charge in [-0.05, 0) is 18.1 Å². The van der Waals surface area contributed by atoms with Crippen LogP contribution in [0.1, 0.15) is 27.0 Å². The lowest BCUT2D eigenvalue weighted by Crippen LogP contribution is -2.44. The number of hydrogen-bond donors (Lipinski definition) is 1. The minimum atomic E-state index is -1.94. The van der Waals surface area contributed by atoms with Gasteiger partial charge in [0, 0.05) is 12.2 Å².